The van der Waals surface area contributed by atoms with Crippen LogP contribution in [0.15, 0.2) is 12.4 Å². The highest BCUT2D eigenvalue weighted by Gasteiger charge is 2.19. The van der Waals surface area contributed by atoms with Crippen molar-refractivity contribution in [2.24, 2.45) is 7.05 Å². The summed E-state index contributed by atoms with van der Waals surface area (Å²) >= 11 is 0. The highest BCUT2D eigenvalue weighted by molar-refractivity contribution is 4.91. The van der Waals surface area contributed by atoms with Crippen molar-refractivity contribution in [3.8, 4) is 0 Å². The van der Waals surface area contributed by atoms with Crippen molar-refractivity contribution in [3.05, 3.63) is 18.2 Å². The lowest BCUT2D eigenvalue weighted by Crippen LogP contribution is -2.48. The van der Waals surface area contributed by atoms with Gasteiger partial charge < -0.3 is 4.57 Å². The summed E-state index contributed by atoms with van der Waals surface area (Å²) < 4.78 is 2.11. The highest BCUT2D eigenvalue weighted by Crippen LogP contribution is 2.08. The van der Waals surface area contributed by atoms with Gasteiger partial charge in [0.2, 0.25) is 0 Å². The van der Waals surface area contributed by atoms with Crippen LogP contribution in [0.2, 0.25) is 0 Å². The number of piperazine rings is 1. The SMILES string of the molecule is CC(C)N1CCN(Cc2nccn2C)CC1. The van der Waals surface area contributed by atoms with Gasteiger partial charge in [-0.2, -0.15) is 0 Å². The van der Waals surface area contributed by atoms with E-state index in [0.717, 1.165) is 25.5 Å². The molecule has 4 nitrogen and oxygen atoms in total. The summed E-state index contributed by atoms with van der Waals surface area (Å²) in [5.74, 6) is 1.16. The van der Waals surface area contributed by atoms with Crippen molar-refractivity contribution in [1.82, 2.24) is 19.4 Å². The molecule has 0 N–H and O–H groups in total. The predicted molar refractivity (Wildman–Crippen MR) is 65.2 cm³/mol. The Morgan fingerprint density at radius 1 is 1.25 bits per heavy atom. The summed E-state index contributed by atoms with van der Waals surface area (Å²) in [4.78, 5) is 9.40. The summed E-state index contributed by atoms with van der Waals surface area (Å²) in [5.41, 5.74) is 0. The molecule has 0 saturated carbocycles. The first kappa shape index (κ1) is 11.6. The lowest BCUT2D eigenvalue weighted by atomic mass is 10.2. The molecule has 0 aromatic carbocycles. The van der Waals surface area contributed by atoms with Crippen LogP contribution < -0.4 is 0 Å². The third kappa shape index (κ3) is 2.62. The molecule has 1 aromatic rings. The highest BCUT2D eigenvalue weighted by atomic mass is 15.3. The second kappa shape index (κ2) is 4.97. The molecule has 2 heterocycles. The van der Waals surface area contributed by atoms with Gasteiger partial charge in [-0.05, 0) is 13.8 Å². The number of aromatic nitrogens is 2. The van der Waals surface area contributed by atoms with E-state index in [0.29, 0.717) is 6.04 Å². The van der Waals surface area contributed by atoms with Crippen LogP contribution in [0.25, 0.3) is 0 Å². The quantitative estimate of drug-likeness (QED) is 0.761. The van der Waals surface area contributed by atoms with Gasteiger partial charge in [-0.1, -0.05) is 0 Å². The van der Waals surface area contributed by atoms with E-state index in [9.17, 15) is 0 Å². The van der Waals surface area contributed by atoms with E-state index < -0.39 is 0 Å². The van der Waals surface area contributed by atoms with Crippen LogP contribution in [0.3, 0.4) is 0 Å². The Bertz CT molecular complexity index is 324. The molecular weight excluding hydrogens is 200 g/mol. The minimum Gasteiger partial charge on any atom is -0.337 e. The first-order chi connectivity index (χ1) is 7.66. The monoisotopic (exact) mass is 222 g/mol. The summed E-state index contributed by atoms with van der Waals surface area (Å²) in [5, 5.41) is 0. The fraction of sp³-hybridized carbons (Fsp3) is 0.750. The summed E-state index contributed by atoms with van der Waals surface area (Å²) in [6.07, 6.45) is 3.89. The predicted octanol–water partition coefficient (Wildman–Crippen LogP) is 0.946. The zero-order valence-electron chi connectivity index (χ0n) is 10.6. The van der Waals surface area contributed by atoms with E-state index >= 15 is 0 Å². The molecule has 1 aliphatic rings. The first-order valence-corrected chi connectivity index (χ1v) is 6.09. The van der Waals surface area contributed by atoms with E-state index in [4.69, 9.17) is 0 Å². The van der Waals surface area contributed by atoms with Crippen molar-refractivity contribution in [1.29, 1.82) is 0 Å². The molecule has 1 aliphatic heterocycles. The largest absolute Gasteiger partial charge is 0.337 e. The van der Waals surface area contributed by atoms with E-state index in [1.807, 2.05) is 12.4 Å². The van der Waals surface area contributed by atoms with E-state index in [-0.39, 0.29) is 0 Å². The van der Waals surface area contributed by atoms with Crippen molar-refractivity contribution in [3.63, 3.8) is 0 Å². The Kier molecular flexibility index (Phi) is 3.61. The van der Waals surface area contributed by atoms with Crippen LogP contribution in [-0.4, -0.2) is 51.6 Å². The second-order valence-electron chi connectivity index (χ2n) is 4.86. The molecule has 0 unspecified atom stereocenters. The van der Waals surface area contributed by atoms with Crippen molar-refractivity contribution in [2.45, 2.75) is 26.4 Å². The molecule has 2 rings (SSSR count). The van der Waals surface area contributed by atoms with Crippen molar-refractivity contribution in [2.75, 3.05) is 26.2 Å². The molecule has 90 valence electrons. The molecule has 0 aliphatic carbocycles. The Morgan fingerprint density at radius 2 is 1.94 bits per heavy atom. The minimum atomic E-state index is 0.676. The third-order valence-corrected chi connectivity index (χ3v) is 3.42. The third-order valence-electron chi connectivity index (χ3n) is 3.42. The molecule has 0 radical (unpaired) electrons. The molecule has 16 heavy (non-hydrogen) atoms. The average Bonchev–Trinajstić information content (AvgIpc) is 2.65. The minimum absolute atomic E-state index is 0.676. The van der Waals surface area contributed by atoms with Gasteiger partial charge >= 0.3 is 0 Å². The smallest absolute Gasteiger partial charge is 0.122 e. The fourth-order valence-electron chi connectivity index (χ4n) is 2.19. The number of nitrogens with zero attached hydrogens (tertiary/aromatic N) is 4. The van der Waals surface area contributed by atoms with Crippen LogP contribution in [0, 0.1) is 0 Å². The second-order valence-corrected chi connectivity index (χ2v) is 4.86. The molecule has 0 bridgehead atoms. The van der Waals surface area contributed by atoms with Gasteiger partial charge in [0.1, 0.15) is 5.82 Å². The number of imidazole rings is 1. The number of hydrogen-bond donors (Lipinski definition) is 0. The normalized spacial score (nSPS) is 19.5. The Labute approximate surface area is 97.9 Å². The van der Waals surface area contributed by atoms with Gasteiger partial charge in [-0.3, -0.25) is 9.80 Å². The maximum Gasteiger partial charge on any atom is 0.122 e. The van der Waals surface area contributed by atoms with Crippen molar-refractivity contribution >= 4 is 0 Å². The van der Waals surface area contributed by atoms with E-state index in [2.05, 4.69) is 40.2 Å². The molecule has 4 heteroatoms. The maximum atomic E-state index is 4.37. The zero-order valence-corrected chi connectivity index (χ0v) is 10.6. The van der Waals surface area contributed by atoms with Crippen LogP contribution in [-0.2, 0) is 13.6 Å². The Hall–Kier alpha value is -0.870. The summed E-state index contributed by atoms with van der Waals surface area (Å²) in [7, 11) is 2.06. The van der Waals surface area contributed by atoms with Gasteiger partial charge in [-0.15, -0.1) is 0 Å². The van der Waals surface area contributed by atoms with Crippen LogP contribution in [0.1, 0.15) is 19.7 Å². The maximum absolute atomic E-state index is 4.37. The fourth-order valence-corrected chi connectivity index (χ4v) is 2.19. The summed E-state index contributed by atoms with van der Waals surface area (Å²) in [6, 6.07) is 0.676. The lowest BCUT2D eigenvalue weighted by molar-refractivity contribution is 0.102. The van der Waals surface area contributed by atoms with Gasteiger partial charge in [0.25, 0.3) is 0 Å². The van der Waals surface area contributed by atoms with Crippen molar-refractivity contribution < 1.29 is 0 Å². The molecule has 0 spiro atoms. The van der Waals surface area contributed by atoms with Gasteiger partial charge in [0.05, 0.1) is 6.54 Å². The molecular formula is C12H22N4. The molecule has 0 atom stereocenters. The number of rotatable bonds is 3. The van der Waals surface area contributed by atoms with Crippen LogP contribution in [0.5, 0.6) is 0 Å². The molecule has 1 saturated heterocycles. The van der Waals surface area contributed by atoms with Crippen LogP contribution >= 0.6 is 0 Å². The Balaban J connectivity index is 1.84. The van der Waals surface area contributed by atoms with Gasteiger partial charge in [-0.25, -0.2) is 4.98 Å². The summed E-state index contributed by atoms with van der Waals surface area (Å²) in [6.45, 7) is 10.2. The number of hydrogen-bond acceptors (Lipinski definition) is 3. The van der Waals surface area contributed by atoms with Gasteiger partial charge in [0.15, 0.2) is 0 Å². The van der Waals surface area contributed by atoms with Gasteiger partial charge in [0, 0.05) is 51.7 Å². The number of aryl methyl sites for hydroxylation is 1. The molecule has 0 amide bonds. The molecule has 1 aromatic heterocycles. The lowest BCUT2D eigenvalue weighted by Gasteiger charge is -2.36. The standard InChI is InChI=1S/C12H22N4/c1-11(2)16-8-6-15(7-9-16)10-12-13-4-5-14(12)3/h4-5,11H,6-10H2,1-3H3. The van der Waals surface area contributed by atoms with E-state index in [1.54, 1.807) is 0 Å². The van der Waals surface area contributed by atoms with E-state index in [1.165, 1.54) is 13.1 Å². The molecule has 1 fully saturated rings. The average molecular weight is 222 g/mol. The zero-order chi connectivity index (χ0) is 11.5. The first-order valence-electron chi connectivity index (χ1n) is 6.09. The topological polar surface area (TPSA) is 24.3 Å². The van der Waals surface area contributed by atoms with Crippen LogP contribution in [0.4, 0.5) is 0 Å². The Morgan fingerprint density at radius 3 is 2.44 bits per heavy atom.